The fourth-order valence-corrected chi connectivity index (χ4v) is 8.38. The Kier molecular flexibility index (Phi) is 2.75. The van der Waals surface area contributed by atoms with E-state index in [1.807, 2.05) is 0 Å². The number of hydrogen-bond acceptors (Lipinski definition) is 2. The topological polar surface area (TPSA) is 40.9 Å². The van der Waals surface area contributed by atoms with Gasteiger partial charge < -0.3 is 0 Å². The van der Waals surface area contributed by atoms with E-state index in [4.69, 9.17) is 0 Å². The van der Waals surface area contributed by atoms with Crippen molar-refractivity contribution in [3.63, 3.8) is 0 Å². The summed E-state index contributed by atoms with van der Waals surface area (Å²) in [7, 11) is 0. The van der Waals surface area contributed by atoms with E-state index in [1.54, 1.807) is 0 Å². The van der Waals surface area contributed by atoms with Gasteiger partial charge in [0.15, 0.2) is 5.78 Å². The normalized spacial score (nSPS) is 53.8. The third-order valence-electron chi connectivity index (χ3n) is 9.41. The number of nitrogens with zero attached hydrogens (tertiary/aromatic N) is 1. The van der Waals surface area contributed by atoms with Crippen molar-refractivity contribution in [3.05, 3.63) is 11.6 Å². The summed E-state index contributed by atoms with van der Waals surface area (Å²) in [6, 6.07) is 2.24. The minimum absolute atomic E-state index is 0.0416. The molecule has 0 radical (unpaired) electrons. The zero-order valence-corrected chi connectivity index (χ0v) is 15.3. The van der Waals surface area contributed by atoms with Crippen LogP contribution in [-0.4, -0.2) is 5.78 Å². The first-order chi connectivity index (χ1) is 11.3. The Morgan fingerprint density at radius 1 is 1.08 bits per heavy atom. The first-order valence-electron chi connectivity index (χ1n) is 10.0. The zero-order chi connectivity index (χ0) is 16.9. The van der Waals surface area contributed by atoms with Crippen LogP contribution >= 0.6 is 0 Å². The van der Waals surface area contributed by atoms with Crippen LogP contribution in [0.15, 0.2) is 11.6 Å². The van der Waals surface area contributed by atoms with Crippen LogP contribution in [0, 0.1) is 57.2 Å². The average Bonchev–Trinajstić information content (AvgIpc) is 3.12. The third-order valence-corrected chi connectivity index (χ3v) is 9.41. The van der Waals surface area contributed by atoms with Gasteiger partial charge in [0.25, 0.3) is 0 Å². The van der Waals surface area contributed by atoms with Gasteiger partial charge in [0.05, 0.1) is 5.57 Å². The van der Waals surface area contributed by atoms with Crippen LogP contribution in [0.1, 0.15) is 65.7 Å². The fraction of sp³-hybridized carbons (Fsp3) is 0.818. The van der Waals surface area contributed by atoms with Crippen LogP contribution in [0.25, 0.3) is 0 Å². The summed E-state index contributed by atoms with van der Waals surface area (Å²) in [6.07, 6.45) is 11.8. The molecule has 0 aromatic heterocycles. The van der Waals surface area contributed by atoms with Crippen molar-refractivity contribution in [3.8, 4) is 6.07 Å². The van der Waals surface area contributed by atoms with Gasteiger partial charge in [-0.3, -0.25) is 4.79 Å². The highest BCUT2D eigenvalue weighted by Crippen LogP contribution is 2.76. The summed E-state index contributed by atoms with van der Waals surface area (Å²) in [4.78, 5) is 12.8. The smallest absolute Gasteiger partial charge is 0.178 e. The van der Waals surface area contributed by atoms with Crippen molar-refractivity contribution in [2.45, 2.75) is 65.7 Å². The molecule has 4 fully saturated rings. The van der Waals surface area contributed by atoms with Crippen molar-refractivity contribution in [1.82, 2.24) is 0 Å². The molecule has 5 aliphatic carbocycles. The van der Waals surface area contributed by atoms with Gasteiger partial charge in [0, 0.05) is 5.41 Å². The molecule has 4 saturated carbocycles. The molecular formula is C22H29NO. The van der Waals surface area contributed by atoms with E-state index >= 15 is 0 Å². The highest BCUT2D eigenvalue weighted by atomic mass is 16.1. The Morgan fingerprint density at radius 3 is 2.58 bits per heavy atom. The van der Waals surface area contributed by atoms with Gasteiger partial charge in [0.1, 0.15) is 6.07 Å². The van der Waals surface area contributed by atoms with Crippen LogP contribution in [0.2, 0.25) is 0 Å². The van der Waals surface area contributed by atoms with Gasteiger partial charge in [-0.1, -0.05) is 26.8 Å². The largest absolute Gasteiger partial charge is 0.293 e. The molecule has 1 spiro atoms. The number of allylic oxidation sites excluding steroid dienone is 2. The number of hydrogen-bond donors (Lipinski definition) is 0. The molecule has 5 aliphatic rings. The molecule has 0 bridgehead atoms. The van der Waals surface area contributed by atoms with E-state index in [0.29, 0.717) is 17.4 Å². The number of carbonyl (C=O) groups excluding carboxylic acids is 1. The lowest BCUT2D eigenvalue weighted by molar-refractivity contribution is -0.139. The Morgan fingerprint density at radius 2 is 1.88 bits per heavy atom. The van der Waals surface area contributed by atoms with Gasteiger partial charge in [0.2, 0.25) is 0 Å². The minimum atomic E-state index is -0.382. The molecule has 0 saturated heterocycles. The molecule has 0 amide bonds. The maximum absolute atomic E-state index is 12.8. The van der Waals surface area contributed by atoms with Crippen LogP contribution in [0.5, 0.6) is 0 Å². The average molecular weight is 323 g/mol. The van der Waals surface area contributed by atoms with Crippen molar-refractivity contribution in [1.29, 1.82) is 5.26 Å². The lowest BCUT2D eigenvalue weighted by atomic mass is 9.43. The summed E-state index contributed by atoms with van der Waals surface area (Å²) < 4.78 is 0. The van der Waals surface area contributed by atoms with Gasteiger partial charge in [-0.25, -0.2) is 0 Å². The molecule has 0 aromatic rings. The molecule has 7 atom stereocenters. The van der Waals surface area contributed by atoms with E-state index in [0.717, 1.165) is 23.2 Å². The summed E-state index contributed by atoms with van der Waals surface area (Å²) in [5.74, 6) is 4.00. The molecule has 0 aliphatic heterocycles. The number of rotatable bonds is 0. The lowest BCUT2D eigenvalue weighted by Crippen LogP contribution is -2.56. The monoisotopic (exact) mass is 323 g/mol. The van der Waals surface area contributed by atoms with Crippen LogP contribution in [-0.2, 0) is 4.79 Å². The fourth-order valence-electron chi connectivity index (χ4n) is 8.38. The number of ketones is 1. The second-order valence-electron chi connectivity index (χ2n) is 10.3. The second kappa shape index (κ2) is 4.35. The van der Waals surface area contributed by atoms with Crippen LogP contribution < -0.4 is 0 Å². The van der Waals surface area contributed by atoms with E-state index in [1.165, 1.54) is 44.9 Å². The molecule has 0 N–H and O–H groups in total. The molecule has 2 heteroatoms. The van der Waals surface area contributed by atoms with E-state index < -0.39 is 0 Å². The van der Waals surface area contributed by atoms with Gasteiger partial charge >= 0.3 is 0 Å². The molecule has 24 heavy (non-hydrogen) atoms. The van der Waals surface area contributed by atoms with Crippen molar-refractivity contribution >= 4 is 5.78 Å². The Hall–Kier alpha value is -1.10. The van der Waals surface area contributed by atoms with Gasteiger partial charge in [-0.2, -0.15) is 5.26 Å². The van der Waals surface area contributed by atoms with Crippen molar-refractivity contribution < 1.29 is 4.79 Å². The quantitative estimate of drug-likeness (QED) is 0.636. The highest BCUT2D eigenvalue weighted by Gasteiger charge is 2.69. The Bertz CT molecular complexity index is 697. The molecule has 7 unspecified atom stereocenters. The molecule has 2 nitrogen and oxygen atoms in total. The Balaban J connectivity index is 1.58. The molecular weight excluding hydrogens is 294 g/mol. The van der Waals surface area contributed by atoms with Crippen LogP contribution in [0.4, 0.5) is 0 Å². The van der Waals surface area contributed by atoms with Gasteiger partial charge in [-0.05, 0) is 85.4 Å². The Labute approximate surface area is 145 Å². The first-order valence-corrected chi connectivity index (χ1v) is 10.0. The lowest BCUT2D eigenvalue weighted by Gasteiger charge is -2.60. The van der Waals surface area contributed by atoms with E-state index in [-0.39, 0.29) is 16.6 Å². The first kappa shape index (κ1) is 15.2. The molecule has 128 valence electrons. The number of nitriles is 1. The molecule has 0 heterocycles. The predicted molar refractivity (Wildman–Crippen MR) is 92.8 cm³/mol. The number of Topliss-reactive ketones (excluding diaryl/α,β-unsaturated/α-hetero) is 1. The van der Waals surface area contributed by atoms with Crippen molar-refractivity contribution in [2.24, 2.45) is 45.8 Å². The van der Waals surface area contributed by atoms with Crippen LogP contribution in [0.3, 0.4) is 0 Å². The number of fused-ring (bicyclic) bond motifs is 4. The SMILES string of the molecule is CC1(C)C(=O)C(C#N)=CC2(C)C3CCC45CC4CCC5C3CCC12. The van der Waals surface area contributed by atoms with E-state index in [9.17, 15) is 10.1 Å². The third kappa shape index (κ3) is 1.56. The molecule has 0 aromatic carbocycles. The van der Waals surface area contributed by atoms with Crippen molar-refractivity contribution in [2.75, 3.05) is 0 Å². The maximum Gasteiger partial charge on any atom is 0.178 e. The summed E-state index contributed by atoms with van der Waals surface area (Å²) in [5.41, 5.74) is 0.828. The van der Waals surface area contributed by atoms with E-state index in [2.05, 4.69) is 32.9 Å². The minimum Gasteiger partial charge on any atom is -0.293 e. The summed E-state index contributed by atoms with van der Waals surface area (Å²) >= 11 is 0. The number of carbonyl (C=O) groups is 1. The van der Waals surface area contributed by atoms with Gasteiger partial charge in [-0.15, -0.1) is 0 Å². The predicted octanol–water partition coefficient (Wildman–Crippen LogP) is 4.90. The molecule has 5 rings (SSSR count). The maximum atomic E-state index is 12.8. The highest BCUT2D eigenvalue weighted by molar-refractivity contribution is 6.04. The standard InChI is InChI=1S/C22H29NO/c1-20(2)18-7-5-15-16(21(18,3)10-13(12-23)19(20)24)8-9-22-11-14(22)4-6-17(15)22/h10,14-18H,4-9,11H2,1-3H3. The zero-order valence-electron chi connectivity index (χ0n) is 15.3. The second-order valence-corrected chi connectivity index (χ2v) is 10.3. The summed E-state index contributed by atoms with van der Waals surface area (Å²) in [5, 5.41) is 9.55. The summed E-state index contributed by atoms with van der Waals surface area (Å²) in [6.45, 7) is 6.58.